The van der Waals surface area contributed by atoms with Gasteiger partial charge in [0.15, 0.2) is 0 Å². The van der Waals surface area contributed by atoms with Crippen molar-refractivity contribution in [3.8, 4) is 11.3 Å². The van der Waals surface area contributed by atoms with Crippen LogP contribution in [0.25, 0.3) is 11.3 Å². The summed E-state index contributed by atoms with van der Waals surface area (Å²) in [4.78, 5) is 13.7. The SMILES string of the molecule is CN(Cc1cc(C2CC2)n[nH]1)[C@@H](C(=O)O)c1ccc(-c2ccn[nH]2)cc1. The Labute approximate surface area is 151 Å². The third-order valence-corrected chi connectivity index (χ3v) is 4.78. The van der Waals surface area contributed by atoms with Crippen molar-refractivity contribution >= 4 is 5.97 Å². The first-order valence-corrected chi connectivity index (χ1v) is 8.69. The maximum atomic E-state index is 11.9. The van der Waals surface area contributed by atoms with Crippen LogP contribution in [-0.4, -0.2) is 43.4 Å². The molecule has 0 unspecified atom stereocenters. The fourth-order valence-electron chi connectivity index (χ4n) is 3.26. The van der Waals surface area contributed by atoms with Gasteiger partial charge in [0.25, 0.3) is 0 Å². The van der Waals surface area contributed by atoms with Crippen molar-refractivity contribution in [2.75, 3.05) is 7.05 Å². The molecule has 1 atom stereocenters. The predicted octanol–water partition coefficient (Wildman–Crippen LogP) is 2.93. The number of rotatable bonds is 7. The molecule has 0 spiro atoms. The Balaban J connectivity index is 1.51. The smallest absolute Gasteiger partial charge is 0.325 e. The van der Waals surface area contributed by atoms with Crippen LogP contribution in [0.3, 0.4) is 0 Å². The van der Waals surface area contributed by atoms with Gasteiger partial charge in [0.05, 0.1) is 11.4 Å². The Morgan fingerprint density at radius 1 is 1.27 bits per heavy atom. The highest BCUT2D eigenvalue weighted by Gasteiger charge is 2.28. The largest absolute Gasteiger partial charge is 0.480 e. The Kier molecular flexibility index (Phi) is 4.30. The van der Waals surface area contributed by atoms with E-state index < -0.39 is 12.0 Å². The number of benzene rings is 1. The van der Waals surface area contributed by atoms with Crippen molar-refractivity contribution in [3.63, 3.8) is 0 Å². The van der Waals surface area contributed by atoms with Crippen LogP contribution in [0, 0.1) is 0 Å². The van der Waals surface area contributed by atoms with Gasteiger partial charge in [-0.15, -0.1) is 0 Å². The molecule has 0 aliphatic heterocycles. The third-order valence-electron chi connectivity index (χ3n) is 4.78. The Bertz CT molecular complexity index is 881. The number of hydrogen-bond acceptors (Lipinski definition) is 4. The Morgan fingerprint density at radius 2 is 2.04 bits per heavy atom. The van der Waals surface area contributed by atoms with Gasteiger partial charge in [-0.25, -0.2) is 0 Å². The number of aliphatic carboxylic acids is 1. The van der Waals surface area contributed by atoms with E-state index in [9.17, 15) is 9.90 Å². The van der Waals surface area contributed by atoms with Gasteiger partial charge in [0, 0.05) is 24.4 Å². The fraction of sp³-hybridized carbons (Fsp3) is 0.316. The molecule has 1 fully saturated rings. The monoisotopic (exact) mass is 351 g/mol. The molecule has 1 aliphatic carbocycles. The number of carboxylic acid groups (broad SMARTS) is 1. The lowest BCUT2D eigenvalue weighted by Gasteiger charge is -2.24. The summed E-state index contributed by atoms with van der Waals surface area (Å²) in [7, 11) is 1.82. The van der Waals surface area contributed by atoms with Crippen LogP contribution in [0.5, 0.6) is 0 Å². The number of carbonyl (C=O) groups is 1. The molecule has 2 heterocycles. The number of likely N-dealkylation sites (N-methyl/N-ethyl adjacent to an activating group) is 1. The van der Waals surface area contributed by atoms with Crippen molar-refractivity contribution in [1.82, 2.24) is 25.3 Å². The molecule has 1 aliphatic rings. The van der Waals surface area contributed by atoms with Crippen molar-refractivity contribution in [2.45, 2.75) is 31.3 Å². The minimum atomic E-state index is -0.872. The third kappa shape index (κ3) is 3.39. The normalized spacial score (nSPS) is 15.3. The molecule has 2 aromatic heterocycles. The standard InChI is InChI=1S/C19H21N5O2/c1-24(11-15-10-17(23-21-15)13-2-3-13)18(19(25)26)14-6-4-12(5-7-14)16-8-9-20-22-16/h4-10,13,18H,2-3,11H2,1H3,(H,20,22)(H,21,23)(H,25,26)/t18-/m1/s1. The van der Waals surface area contributed by atoms with E-state index in [2.05, 4.69) is 26.5 Å². The minimum absolute atomic E-state index is 0.499. The Morgan fingerprint density at radius 3 is 2.65 bits per heavy atom. The number of H-pyrrole nitrogens is 2. The van der Waals surface area contributed by atoms with Crippen molar-refractivity contribution < 1.29 is 9.90 Å². The van der Waals surface area contributed by atoms with Crippen LogP contribution in [0.1, 0.15) is 41.8 Å². The summed E-state index contributed by atoms with van der Waals surface area (Å²) in [5, 5.41) is 24.0. The lowest BCUT2D eigenvalue weighted by Crippen LogP contribution is -2.30. The first kappa shape index (κ1) is 16.5. The molecule has 0 bridgehead atoms. The van der Waals surface area contributed by atoms with E-state index in [1.165, 1.54) is 12.8 Å². The van der Waals surface area contributed by atoms with Crippen molar-refractivity contribution in [1.29, 1.82) is 0 Å². The highest BCUT2D eigenvalue weighted by atomic mass is 16.4. The second kappa shape index (κ2) is 6.76. The zero-order valence-corrected chi connectivity index (χ0v) is 14.5. The molecule has 26 heavy (non-hydrogen) atoms. The van der Waals surface area contributed by atoms with E-state index in [-0.39, 0.29) is 0 Å². The molecule has 7 heteroatoms. The molecule has 1 aromatic carbocycles. The number of hydrogen-bond donors (Lipinski definition) is 3. The van der Waals surface area contributed by atoms with Crippen LogP contribution in [0.4, 0.5) is 0 Å². The van der Waals surface area contributed by atoms with Crippen LogP contribution < -0.4 is 0 Å². The zero-order valence-electron chi connectivity index (χ0n) is 14.5. The van der Waals surface area contributed by atoms with E-state index in [1.54, 1.807) is 6.20 Å². The van der Waals surface area contributed by atoms with Crippen LogP contribution in [0.2, 0.25) is 0 Å². The van der Waals surface area contributed by atoms with E-state index in [0.717, 1.165) is 28.2 Å². The molecule has 7 nitrogen and oxygen atoms in total. The van der Waals surface area contributed by atoms with Gasteiger partial charge in [-0.2, -0.15) is 10.2 Å². The summed E-state index contributed by atoms with van der Waals surface area (Å²) in [6.45, 7) is 0.499. The van der Waals surface area contributed by atoms with Gasteiger partial charge >= 0.3 is 5.97 Å². The highest BCUT2D eigenvalue weighted by Crippen LogP contribution is 2.39. The average Bonchev–Trinajstić information content (AvgIpc) is 3.13. The molecule has 0 amide bonds. The minimum Gasteiger partial charge on any atom is -0.480 e. The second-order valence-electron chi connectivity index (χ2n) is 6.84. The Hall–Kier alpha value is -2.93. The van der Waals surface area contributed by atoms with E-state index in [4.69, 9.17) is 0 Å². The van der Waals surface area contributed by atoms with Crippen LogP contribution >= 0.6 is 0 Å². The summed E-state index contributed by atoms with van der Waals surface area (Å²) < 4.78 is 0. The van der Waals surface area contributed by atoms with Crippen molar-refractivity contribution in [3.05, 3.63) is 59.5 Å². The summed E-state index contributed by atoms with van der Waals surface area (Å²) >= 11 is 0. The number of carboxylic acids is 1. The molecular weight excluding hydrogens is 330 g/mol. The number of aromatic amines is 2. The summed E-state index contributed by atoms with van der Waals surface area (Å²) in [6, 6.07) is 10.7. The molecule has 4 rings (SSSR count). The summed E-state index contributed by atoms with van der Waals surface area (Å²) in [6.07, 6.45) is 4.08. The van der Waals surface area contributed by atoms with Gasteiger partial charge in [-0.3, -0.25) is 19.9 Å². The maximum absolute atomic E-state index is 11.9. The number of nitrogens with zero attached hydrogens (tertiary/aromatic N) is 3. The van der Waals surface area contributed by atoms with Gasteiger partial charge in [-0.1, -0.05) is 24.3 Å². The van der Waals surface area contributed by atoms with Gasteiger partial charge in [-0.05, 0) is 43.1 Å². The van der Waals surface area contributed by atoms with Gasteiger partial charge in [0.1, 0.15) is 6.04 Å². The molecule has 3 aromatic rings. The van der Waals surface area contributed by atoms with Gasteiger partial charge < -0.3 is 5.11 Å². The lowest BCUT2D eigenvalue weighted by molar-refractivity contribution is -0.143. The van der Waals surface area contributed by atoms with Gasteiger partial charge in [0.2, 0.25) is 0 Å². The molecule has 3 N–H and O–H groups in total. The quantitative estimate of drug-likeness (QED) is 0.608. The second-order valence-corrected chi connectivity index (χ2v) is 6.84. The molecule has 0 radical (unpaired) electrons. The van der Waals surface area contributed by atoms with E-state index >= 15 is 0 Å². The molecule has 0 saturated heterocycles. The topological polar surface area (TPSA) is 97.9 Å². The zero-order chi connectivity index (χ0) is 18.1. The average molecular weight is 351 g/mol. The molecule has 1 saturated carbocycles. The van der Waals surface area contributed by atoms with E-state index in [1.807, 2.05) is 42.3 Å². The molecule has 134 valence electrons. The first-order chi connectivity index (χ1) is 12.6. The van der Waals surface area contributed by atoms with Crippen LogP contribution in [-0.2, 0) is 11.3 Å². The lowest BCUT2D eigenvalue weighted by atomic mass is 10.0. The van der Waals surface area contributed by atoms with Crippen LogP contribution in [0.15, 0.2) is 42.6 Å². The van der Waals surface area contributed by atoms with E-state index in [0.29, 0.717) is 12.5 Å². The highest BCUT2D eigenvalue weighted by molar-refractivity contribution is 5.76. The number of aromatic nitrogens is 4. The predicted molar refractivity (Wildman–Crippen MR) is 96.4 cm³/mol. The first-order valence-electron chi connectivity index (χ1n) is 8.69. The van der Waals surface area contributed by atoms with Crippen molar-refractivity contribution in [2.24, 2.45) is 0 Å². The summed E-state index contributed by atoms with van der Waals surface area (Å²) in [5.74, 6) is -0.292. The molecular formula is C19H21N5O2. The summed E-state index contributed by atoms with van der Waals surface area (Å²) in [5.41, 5.74) is 4.65. The number of nitrogens with one attached hydrogen (secondary N) is 2. The fourth-order valence-corrected chi connectivity index (χ4v) is 3.26. The maximum Gasteiger partial charge on any atom is 0.325 e.